The molecule has 86 valence electrons. The van der Waals surface area contributed by atoms with Gasteiger partial charge >= 0.3 is 0 Å². The first-order valence-electron chi connectivity index (χ1n) is 5.83. The zero-order valence-corrected chi connectivity index (χ0v) is 9.89. The number of nitrogens with zero attached hydrogens (tertiary/aromatic N) is 2. The van der Waals surface area contributed by atoms with Crippen LogP contribution in [0.1, 0.15) is 26.0 Å². The van der Waals surface area contributed by atoms with E-state index in [0.29, 0.717) is 12.0 Å². The van der Waals surface area contributed by atoms with E-state index in [0.717, 1.165) is 31.0 Å². The van der Waals surface area contributed by atoms with Crippen LogP contribution < -0.4 is 0 Å². The molecule has 2 rings (SSSR count). The fourth-order valence-electron chi connectivity index (χ4n) is 1.89. The van der Waals surface area contributed by atoms with Gasteiger partial charge in [0.15, 0.2) is 5.90 Å². The molecule has 0 aromatic carbocycles. The number of aromatic nitrogens is 1. The molecular formula is C13H18N2O. The Morgan fingerprint density at radius 3 is 3.00 bits per heavy atom. The van der Waals surface area contributed by atoms with Crippen molar-refractivity contribution in [2.75, 3.05) is 6.61 Å². The third-order valence-electron chi connectivity index (χ3n) is 2.57. The lowest BCUT2D eigenvalue weighted by Crippen LogP contribution is -2.09. The highest BCUT2D eigenvalue weighted by Gasteiger charge is 2.19. The van der Waals surface area contributed by atoms with Gasteiger partial charge in [0.25, 0.3) is 0 Å². The number of hydrogen-bond donors (Lipinski definition) is 0. The van der Waals surface area contributed by atoms with Crippen LogP contribution in [-0.4, -0.2) is 23.5 Å². The van der Waals surface area contributed by atoms with Crippen LogP contribution in [0.25, 0.3) is 0 Å². The van der Waals surface area contributed by atoms with E-state index in [2.05, 4.69) is 23.8 Å². The van der Waals surface area contributed by atoms with Crippen LogP contribution in [-0.2, 0) is 11.2 Å². The van der Waals surface area contributed by atoms with Gasteiger partial charge in [-0.2, -0.15) is 0 Å². The Morgan fingerprint density at radius 2 is 2.31 bits per heavy atom. The van der Waals surface area contributed by atoms with Gasteiger partial charge in [-0.15, -0.1) is 0 Å². The van der Waals surface area contributed by atoms with Crippen molar-refractivity contribution in [1.29, 1.82) is 0 Å². The molecule has 1 aromatic heterocycles. The number of aliphatic imine (C=N–C) groups is 1. The highest BCUT2D eigenvalue weighted by atomic mass is 16.5. The summed E-state index contributed by atoms with van der Waals surface area (Å²) >= 11 is 0. The number of pyridine rings is 1. The maximum atomic E-state index is 5.58. The molecule has 3 nitrogen and oxygen atoms in total. The van der Waals surface area contributed by atoms with Crippen molar-refractivity contribution in [2.24, 2.45) is 10.9 Å². The van der Waals surface area contributed by atoms with E-state index >= 15 is 0 Å². The summed E-state index contributed by atoms with van der Waals surface area (Å²) in [6.45, 7) is 5.17. The molecule has 0 fully saturated rings. The van der Waals surface area contributed by atoms with Crippen molar-refractivity contribution in [3.05, 3.63) is 30.1 Å². The molecule has 1 aliphatic heterocycles. The second kappa shape index (κ2) is 5.10. The second-order valence-electron chi connectivity index (χ2n) is 4.62. The van der Waals surface area contributed by atoms with E-state index < -0.39 is 0 Å². The Labute approximate surface area is 96.6 Å². The van der Waals surface area contributed by atoms with Gasteiger partial charge in [-0.1, -0.05) is 19.9 Å². The smallest absolute Gasteiger partial charge is 0.189 e. The largest absolute Gasteiger partial charge is 0.478 e. The lowest BCUT2D eigenvalue weighted by atomic mass is 10.1. The highest BCUT2D eigenvalue weighted by Crippen LogP contribution is 2.15. The lowest BCUT2D eigenvalue weighted by molar-refractivity contribution is 0.296. The Hall–Kier alpha value is -1.38. The molecule has 3 heteroatoms. The predicted octanol–water partition coefficient (Wildman–Crippen LogP) is 2.47. The van der Waals surface area contributed by atoms with Gasteiger partial charge in [0.05, 0.1) is 12.5 Å². The standard InChI is InChI=1S/C13H18N2O/c1-10(2)7-12-9-16-13(15-12)8-11-5-3-4-6-14-11/h3-6,10,12H,7-9H2,1-2H3. The second-order valence-corrected chi connectivity index (χ2v) is 4.62. The monoisotopic (exact) mass is 218 g/mol. The minimum Gasteiger partial charge on any atom is -0.478 e. The van der Waals surface area contributed by atoms with E-state index in [-0.39, 0.29) is 0 Å². The van der Waals surface area contributed by atoms with Crippen molar-refractivity contribution in [3.63, 3.8) is 0 Å². The summed E-state index contributed by atoms with van der Waals surface area (Å²) in [5.41, 5.74) is 1.02. The lowest BCUT2D eigenvalue weighted by Gasteiger charge is -2.06. The van der Waals surface area contributed by atoms with Crippen molar-refractivity contribution >= 4 is 5.90 Å². The summed E-state index contributed by atoms with van der Waals surface area (Å²) in [6, 6.07) is 6.26. The Balaban J connectivity index is 1.92. The Bertz CT molecular complexity index is 359. The molecule has 0 saturated heterocycles. The van der Waals surface area contributed by atoms with Crippen LogP contribution in [0.4, 0.5) is 0 Å². The van der Waals surface area contributed by atoms with Crippen LogP contribution in [0.5, 0.6) is 0 Å². The topological polar surface area (TPSA) is 34.5 Å². The molecule has 1 aromatic rings. The predicted molar refractivity (Wildman–Crippen MR) is 64.6 cm³/mol. The number of rotatable bonds is 4. The van der Waals surface area contributed by atoms with Crippen molar-refractivity contribution in [3.8, 4) is 0 Å². The number of hydrogen-bond acceptors (Lipinski definition) is 3. The van der Waals surface area contributed by atoms with Gasteiger partial charge in [0, 0.05) is 11.9 Å². The van der Waals surface area contributed by atoms with Gasteiger partial charge in [0.2, 0.25) is 0 Å². The van der Waals surface area contributed by atoms with Crippen molar-refractivity contribution in [1.82, 2.24) is 4.98 Å². The minimum absolute atomic E-state index is 0.346. The summed E-state index contributed by atoms with van der Waals surface area (Å²) in [7, 11) is 0. The van der Waals surface area contributed by atoms with E-state index in [9.17, 15) is 0 Å². The molecule has 2 heterocycles. The molecule has 0 N–H and O–H groups in total. The molecular weight excluding hydrogens is 200 g/mol. The fraction of sp³-hybridized carbons (Fsp3) is 0.538. The molecule has 0 saturated carbocycles. The minimum atomic E-state index is 0.346. The maximum absolute atomic E-state index is 5.58. The zero-order chi connectivity index (χ0) is 11.4. The fourth-order valence-corrected chi connectivity index (χ4v) is 1.89. The normalized spacial score (nSPS) is 19.7. The molecule has 1 unspecified atom stereocenters. The Kier molecular flexibility index (Phi) is 3.54. The maximum Gasteiger partial charge on any atom is 0.189 e. The van der Waals surface area contributed by atoms with Crippen molar-refractivity contribution in [2.45, 2.75) is 32.7 Å². The first-order chi connectivity index (χ1) is 7.74. The third kappa shape index (κ3) is 3.05. The summed E-state index contributed by atoms with van der Waals surface area (Å²) in [5, 5.41) is 0. The van der Waals surface area contributed by atoms with E-state index in [1.807, 2.05) is 18.2 Å². The van der Waals surface area contributed by atoms with Crippen LogP contribution in [0.2, 0.25) is 0 Å². The summed E-state index contributed by atoms with van der Waals surface area (Å²) in [4.78, 5) is 8.85. The summed E-state index contributed by atoms with van der Waals surface area (Å²) in [6.07, 6.45) is 3.62. The first kappa shape index (κ1) is 11.1. The average Bonchev–Trinajstić information content (AvgIpc) is 2.66. The van der Waals surface area contributed by atoms with Gasteiger partial charge in [0.1, 0.15) is 6.61 Å². The first-order valence-corrected chi connectivity index (χ1v) is 5.83. The Morgan fingerprint density at radius 1 is 1.44 bits per heavy atom. The molecule has 16 heavy (non-hydrogen) atoms. The quantitative estimate of drug-likeness (QED) is 0.778. The third-order valence-corrected chi connectivity index (χ3v) is 2.57. The number of ether oxygens (including phenoxy) is 1. The molecule has 0 radical (unpaired) electrons. The van der Waals surface area contributed by atoms with E-state index in [1.165, 1.54) is 0 Å². The van der Waals surface area contributed by atoms with Crippen LogP contribution >= 0.6 is 0 Å². The van der Waals surface area contributed by atoms with Crippen molar-refractivity contribution < 1.29 is 4.74 Å². The summed E-state index contributed by atoms with van der Waals surface area (Å²) < 4.78 is 5.58. The molecule has 0 bridgehead atoms. The van der Waals surface area contributed by atoms with Gasteiger partial charge < -0.3 is 4.74 Å². The molecule has 0 spiro atoms. The molecule has 0 amide bonds. The highest BCUT2D eigenvalue weighted by molar-refractivity contribution is 5.79. The zero-order valence-electron chi connectivity index (χ0n) is 9.89. The molecule has 1 aliphatic rings. The van der Waals surface area contributed by atoms with Gasteiger partial charge in [-0.3, -0.25) is 4.98 Å². The van der Waals surface area contributed by atoms with Crippen LogP contribution in [0.15, 0.2) is 29.4 Å². The van der Waals surface area contributed by atoms with Gasteiger partial charge in [-0.05, 0) is 24.5 Å². The van der Waals surface area contributed by atoms with Gasteiger partial charge in [-0.25, -0.2) is 4.99 Å². The summed E-state index contributed by atoms with van der Waals surface area (Å²) in [5.74, 6) is 1.51. The van der Waals surface area contributed by atoms with Crippen LogP contribution in [0.3, 0.4) is 0 Å². The molecule has 1 atom stereocenters. The SMILES string of the molecule is CC(C)CC1COC(Cc2ccccn2)=N1. The average molecular weight is 218 g/mol. The van der Waals surface area contributed by atoms with Crippen LogP contribution in [0, 0.1) is 5.92 Å². The molecule has 0 aliphatic carbocycles. The van der Waals surface area contributed by atoms with E-state index in [1.54, 1.807) is 6.20 Å². The van der Waals surface area contributed by atoms with E-state index in [4.69, 9.17) is 4.74 Å².